The van der Waals surface area contributed by atoms with E-state index >= 15 is 0 Å². The Labute approximate surface area is 113 Å². The van der Waals surface area contributed by atoms with E-state index in [1.165, 1.54) is 0 Å². The lowest BCUT2D eigenvalue weighted by Gasteiger charge is -2.08. The largest absolute Gasteiger partial charge is 0.345 e. The summed E-state index contributed by atoms with van der Waals surface area (Å²) in [5.41, 5.74) is 1.09. The van der Waals surface area contributed by atoms with Gasteiger partial charge in [0.1, 0.15) is 0 Å². The van der Waals surface area contributed by atoms with Crippen molar-refractivity contribution in [3.63, 3.8) is 0 Å². The van der Waals surface area contributed by atoms with Crippen molar-refractivity contribution in [1.29, 1.82) is 0 Å². The first-order chi connectivity index (χ1) is 9.31. The average Bonchev–Trinajstić information content (AvgIpc) is 2.92. The Hall–Kier alpha value is -2.10. The van der Waals surface area contributed by atoms with Crippen molar-refractivity contribution >= 4 is 5.91 Å². The number of carbonyl (C=O) groups excluding carboxylic acids is 1. The molecular weight excluding hydrogens is 238 g/mol. The summed E-state index contributed by atoms with van der Waals surface area (Å²) in [6.07, 6.45) is 5.68. The highest BCUT2D eigenvalue weighted by molar-refractivity contribution is 5.90. The Morgan fingerprint density at radius 1 is 1.32 bits per heavy atom. The van der Waals surface area contributed by atoms with Crippen molar-refractivity contribution in [3.05, 3.63) is 54.1 Å². The molecule has 0 unspecified atom stereocenters. The van der Waals surface area contributed by atoms with Gasteiger partial charge < -0.3 is 9.88 Å². The molecule has 1 amide bonds. The molecule has 0 bridgehead atoms. The summed E-state index contributed by atoms with van der Waals surface area (Å²) in [4.78, 5) is 16.2. The first-order valence-electron chi connectivity index (χ1n) is 6.64. The fourth-order valence-electron chi connectivity index (χ4n) is 1.88. The van der Waals surface area contributed by atoms with E-state index in [0.29, 0.717) is 12.4 Å². The van der Waals surface area contributed by atoms with Crippen molar-refractivity contribution in [1.82, 2.24) is 14.9 Å². The van der Waals surface area contributed by atoms with Gasteiger partial charge in [0.05, 0.1) is 0 Å². The highest BCUT2D eigenvalue weighted by Crippen LogP contribution is 2.03. The molecule has 2 aromatic rings. The number of aromatic nitrogens is 2. The zero-order valence-corrected chi connectivity index (χ0v) is 11.2. The number of carbonyl (C=O) groups is 1. The Morgan fingerprint density at radius 2 is 2.11 bits per heavy atom. The highest BCUT2D eigenvalue weighted by Gasteiger charge is 2.11. The number of hydrogen-bond donors (Lipinski definition) is 1. The minimum Gasteiger partial charge on any atom is -0.345 e. The predicted molar refractivity (Wildman–Crippen MR) is 74.7 cm³/mol. The number of nitrogens with one attached hydrogen (secondary N) is 1. The van der Waals surface area contributed by atoms with E-state index < -0.39 is 0 Å². The smallest absolute Gasteiger partial charge is 0.287 e. The maximum absolute atomic E-state index is 12.1. The van der Waals surface area contributed by atoms with Crippen LogP contribution in [0.1, 0.15) is 35.9 Å². The Balaban J connectivity index is 1.94. The summed E-state index contributed by atoms with van der Waals surface area (Å²) in [6, 6.07) is 9.86. The first kappa shape index (κ1) is 13.3. The van der Waals surface area contributed by atoms with Crippen molar-refractivity contribution in [3.8, 4) is 0 Å². The number of amides is 1. The number of imidazole rings is 1. The molecule has 0 saturated heterocycles. The third-order valence-corrected chi connectivity index (χ3v) is 2.97. The monoisotopic (exact) mass is 257 g/mol. The number of nitrogens with zero attached hydrogens (tertiary/aromatic N) is 2. The van der Waals surface area contributed by atoms with Gasteiger partial charge in [-0.1, -0.05) is 43.7 Å². The molecule has 1 N–H and O–H groups in total. The SMILES string of the molecule is CCCCn1ccnc1C(=O)NCc1ccccc1. The van der Waals surface area contributed by atoms with Crippen LogP contribution in [0.15, 0.2) is 42.7 Å². The Kier molecular flexibility index (Phi) is 4.72. The van der Waals surface area contributed by atoms with E-state index in [2.05, 4.69) is 17.2 Å². The van der Waals surface area contributed by atoms with Gasteiger partial charge in [0.2, 0.25) is 0 Å². The van der Waals surface area contributed by atoms with Crippen molar-refractivity contribution in [2.75, 3.05) is 0 Å². The quantitative estimate of drug-likeness (QED) is 0.864. The molecule has 0 radical (unpaired) electrons. The molecule has 1 aromatic carbocycles. The number of benzene rings is 1. The second-order valence-electron chi connectivity index (χ2n) is 4.47. The van der Waals surface area contributed by atoms with Crippen LogP contribution < -0.4 is 5.32 Å². The minimum absolute atomic E-state index is 0.120. The summed E-state index contributed by atoms with van der Waals surface area (Å²) >= 11 is 0. The van der Waals surface area contributed by atoms with Gasteiger partial charge in [0.15, 0.2) is 5.82 Å². The summed E-state index contributed by atoms with van der Waals surface area (Å²) in [6.45, 7) is 3.50. The molecule has 100 valence electrons. The highest BCUT2D eigenvalue weighted by atomic mass is 16.2. The maximum atomic E-state index is 12.1. The number of unbranched alkanes of at least 4 members (excludes halogenated alkanes) is 1. The Morgan fingerprint density at radius 3 is 2.84 bits per heavy atom. The van der Waals surface area contributed by atoms with Gasteiger partial charge in [-0.25, -0.2) is 4.98 Å². The van der Waals surface area contributed by atoms with Gasteiger partial charge in [0, 0.05) is 25.5 Å². The molecule has 0 aliphatic carbocycles. The molecule has 0 aliphatic rings. The van der Waals surface area contributed by atoms with E-state index in [1.54, 1.807) is 6.20 Å². The average molecular weight is 257 g/mol. The summed E-state index contributed by atoms with van der Waals surface area (Å²) in [7, 11) is 0. The molecule has 2 rings (SSSR count). The van der Waals surface area contributed by atoms with E-state index in [0.717, 1.165) is 24.9 Å². The maximum Gasteiger partial charge on any atom is 0.287 e. The molecule has 0 atom stereocenters. The summed E-state index contributed by atoms with van der Waals surface area (Å²) in [5.74, 6) is 0.370. The zero-order valence-electron chi connectivity index (χ0n) is 11.2. The molecule has 0 spiro atoms. The molecule has 4 nitrogen and oxygen atoms in total. The van der Waals surface area contributed by atoms with Crippen LogP contribution in [0.2, 0.25) is 0 Å². The lowest BCUT2D eigenvalue weighted by Crippen LogP contribution is -2.26. The molecule has 1 aromatic heterocycles. The molecule has 0 fully saturated rings. The topological polar surface area (TPSA) is 46.9 Å². The summed E-state index contributed by atoms with van der Waals surface area (Å²) in [5, 5.41) is 2.90. The molecular formula is C15H19N3O. The third kappa shape index (κ3) is 3.68. The third-order valence-electron chi connectivity index (χ3n) is 2.97. The second kappa shape index (κ2) is 6.73. The van der Waals surface area contributed by atoms with Gasteiger partial charge in [0.25, 0.3) is 5.91 Å². The second-order valence-corrected chi connectivity index (χ2v) is 4.47. The lowest BCUT2D eigenvalue weighted by molar-refractivity contribution is 0.0936. The molecule has 1 heterocycles. The fourth-order valence-corrected chi connectivity index (χ4v) is 1.88. The van der Waals surface area contributed by atoms with E-state index in [1.807, 2.05) is 41.1 Å². The van der Waals surface area contributed by atoms with Crippen LogP contribution >= 0.6 is 0 Å². The van der Waals surface area contributed by atoms with Gasteiger partial charge in [-0.2, -0.15) is 0 Å². The van der Waals surface area contributed by atoms with Crippen LogP contribution in [0.5, 0.6) is 0 Å². The van der Waals surface area contributed by atoms with Crippen LogP contribution in [0.25, 0.3) is 0 Å². The van der Waals surface area contributed by atoms with Crippen LogP contribution in [-0.4, -0.2) is 15.5 Å². The molecule has 0 aliphatic heterocycles. The van der Waals surface area contributed by atoms with Gasteiger partial charge in [-0.3, -0.25) is 4.79 Å². The van der Waals surface area contributed by atoms with Crippen LogP contribution in [0.3, 0.4) is 0 Å². The van der Waals surface area contributed by atoms with E-state index in [9.17, 15) is 4.79 Å². The standard InChI is InChI=1S/C15H19N3O/c1-2-3-10-18-11-9-16-14(18)15(19)17-12-13-7-5-4-6-8-13/h4-9,11H,2-3,10,12H2,1H3,(H,17,19). The van der Waals surface area contributed by atoms with Gasteiger partial charge in [-0.05, 0) is 12.0 Å². The van der Waals surface area contributed by atoms with Gasteiger partial charge in [-0.15, -0.1) is 0 Å². The van der Waals surface area contributed by atoms with Crippen LogP contribution in [-0.2, 0) is 13.1 Å². The Bertz CT molecular complexity index is 519. The normalized spacial score (nSPS) is 10.4. The summed E-state index contributed by atoms with van der Waals surface area (Å²) < 4.78 is 1.91. The van der Waals surface area contributed by atoms with Gasteiger partial charge >= 0.3 is 0 Å². The number of rotatable bonds is 6. The lowest BCUT2D eigenvalue weighted by atomic mass is 10.2. The number of hydrogen-bond acceptors (Lipinski definition) is 2. The van der Waals surface area contributed by atoms with Crippen LogP contribution in [0.4, 0.5) is 0 Å². The predicted octanol–water partition coefficient (Wildman–Crippen LogP) is 2.61. The van der Waals surface area contributed by atoms with Crippen molar-refractivity contribution < 1.29 is 4.79 Å². The fraction of sp³-hybridized carbons (Fsp3) is 0.333. The molecule has 0 saturated carbocycles. The van der Waals surface area contributed by atoms with E-state index in [-0.39, 0.29) is 5.91 Å². The van der Waals surface area contributed by atoms with Crippen molar-refractivity contribution in [2.24, 2.45) is 0 Å². The molecule has 19 heavy (non-hydrogen) atoms. The first-order valence-corrected chi connectivity index (χ1v) is 6.64. The number of aryl methyl sites for hydroxylation is 1. The minimum atomic E-state index is -0.120. The van der Waals surface area contributed by atoms with Crippen LogP contribution in [0, 0.1) is 0 Å². The molecule has 4 heteroatoms. The van der Waals surface area contributed by atoms with Crippen molar-refractivity contribution in [2.45, 2.75) is 32.9 Å². The zero-order chi connectivity index (χ0) is 13.5. The van der Waals surface area contributed by atoms with E-state index in [4.69, 9.17) is 0 Å².